The van der Waals surface area contributed by atoms with Crippen molar-refractivity contribution in [1.29, 1.82) is 0 Å². The zero-order chi connectivity index (χ0) is 17.6. The Morgan fingerprint density at radius 3 is 1.71 bits per heavy atom. The topological polar surface area (TPSA) is 70.0 Å². The van der Waals surface area contributed by atoms with E-state index in [0.717, 1.165) is 11.1 Å². The lowest BCUT2D eigenvalue weighted by Crippen LogP contribution is -2.33. The molecule has 0 unspecified atom stereocenters. The van der Waals surface area contributed by atoms with Gasteiger partial charge in [-0.1, -0.05) is 60.7 Å². The van der Waals surface area contributed by atoms with E-state index < -0.39 is 12.8 Å². The van der Waals surface area contributed by atoms with Crippen molar-refractivity contribution in [2.24, 2.45) is 0 Å². The summed E-state index contributed by atoms with van der Waals surface area (Å²) < 4.78 is 11.6. The fraction of sp³-hybridized carbons (Fsp3) is 0.333. The molecule has 2 aromatic rings. The van der Waals surface area contributed by atoms with Crippen LogP contribution in [0, 0.1) is 0 Å². The lowest BCUT2D eigenvalue weighted by Gasteiger charge is -2.29. The zero-order valence-electron chi connectivity index (χ0n) is 14.0. The van der Waals surface area contributed by atoms with Gasteiger partial charge in [-0.25, -0.2) is 0 Å². The van der Waals surface area contributed by atoms with E-state index in [4.69, 9.17) is 4.84 Å². The van der Waals surface area contributed by atoms with Gasteiger partial charge >= 0.3 is 7.60 Å². The number of hydroxylamine groups is 2. The molecule has 0 spiro atoms. The summed E-state index contributed by atoms with van der Waals surface area (Å²) in [5, 5.41) is 0.501. The molecular formula is C18H24NO4P. The van der Waals surface area contributed by atoms with Crippen molar-refractivity contribution in [3.63, 3.8) is 0 Å². The van der Waals surface area contributed by atoms with Crippen LogP contribution in [-0.4, -0.2) is 26.6 Å². The highest BCUT2D eigenvalue weighted by Gasteiger charge is 2.38. The van der Waals surface area contributed by atoms with Crippen LogP contribution in [-0.2, 0) is 22.5 Å². The average Bonchev–Trinajstić information content (AvgIpc) is 2.53. The van der Waals surface area contributed by atoms with Gasteiger partial charge in [0.2, 0.25) is 0 Å². The first-order chi connectivity index (χ1) is 11.3. The molecule has 0 saturated heterocycles. The van der Waals surface area contributed by atoms with Crippen LogP contribution in [0.15, 0.2) is 60.7 Å². The second kappa shape index (κ2) is 8.06. The predicted octanol–water partition coefficient (Wildman–Crippen LogP) is 3.58. The highest BCUT2D eigenvalue weighted by atomic mass is 31.2. The van der Waals surface area contributed by atoms with Crippen LogP contribution in [0.1, 0.15) is 25.0 Å². The number of hydrogen-bond donors (Lipinski definition) is 2. The Balaban J connectivity index is 2.09. The molecular weight excluding hydrogens is 325 g/mol. The summed E-state index contributed by atoms with van der Waals surface area (Å²) in [7, 11) is -4.24. The molecule has 0 fully saturated rings. The fourth-order valence-corrected chi connectivity index (χ4v) is 2.28. The molecule has 0 radical (unpaired) electrons. The van der Waals surface area contributed by atoms with Crippen LogP contribution in [0.3, 0.4) is 0 Å². The van der Waals surface area contributed by atoms with Gasteiger partial charge in [-0.2, -0.15) is 5.06 Å². The summed E-state index contributed by atoms with van der Waals surface area (Å²) in [5.41, 5.74) is 2.14. The van der Waals surface area contributed by atoms with E-state index in [9.17, 15) is 14.4 Å². The smallest absolute Gasteiger partial charge is 0.324 e. The summed E-state index contributed by atoms with van der Waals surface area (Å²) in [6, 6.07) is 19.7. The number of hydrogen-bond acceptors (Lipinski definition) is 3. The minimum Gasteiger partial charge on any atom is -0.324 e. The molecule has 2 rings (SSSR count). The molecule has 0 aliphatic carbocycles. The Morgan fingerprint density at radius 1 is 0.917 bits per heavy atom. The van der Waals surface area contributed by atoms with Crippen molar-refractivity contribution in [2.75, 3.05) is 6.61 Å². The second-order valence-electron chi connectivity index (χ2n) is 6.40. The van der Waals surface area contributed by atoms with Gasteiger partial charge < -0.3 is 9.79 Å². The summed E-state index contributed by atoms with van der Waals surface area (Å²) in [6.07, 6.45) is 0. The molecule has 2 N–H and O–H groups in total. The first-order valence-electron chi connectivity index (χ1n) is 7.79. The minimum absolute atomic E-state index is 0.0586. The van der Waals surface area contributed by atoms with Crippen LogP contribution >= 0.6 is 7.60 Å². The minimum atomic E-state index is -4.24. The Labute approximate surface area is 143 Å². The summed E-state index contributed by atoms with van der Waals surface area (Å²) in [4.78, 5) is 24.7. The van der Waals surface area contributed by atoms with E-state index >= 15 is 0 Å². The molecule has 5 nitrogen and oxygen atoms in total. The van der Waals surface area contributed by atoms with Crippen molar-refractivity contribution >= 4 is 7.60 Å². The van der Waals surface area contributed by atoms with Gasteiger partial charge in [0.25, 0.3) is 0 Å². The number of benzene rings is 2. The lowest BCUT2D eigenvalue weighted by molar-refractivity contribution is -0.179. The van der Waals surface area contributed by atoms with E-state index in [1.165, 1.54) is 13.8 Å². The van der Waals surface area contributed by atoms with E-state index in [0.29, 0.717) is 13.1 Å². The molecule has 0 saturated carbocycles. The third-order valence-corrected chi connectivity index (χ3v) is 5.50. The number of rotatable bonds is 8. The van der Waals surface area contributed by atoms with Crippen molar-refractivity contribution in [2.45, 2.75) is 32.1 Å². The fourth-order valence-electron chi connectivity index (χ4n) is 2.05. The summed E-state index contributed by atoms with van der Waals surface area (Å²) >= 11 is 0. The molecule has 0 aromatic heterocycles. The van der Waals surface area contributed by atoms with E-state index in [1.807, 2.05) is 60.7 Å². The molecule has 0 atom stereocenters. The van der Waals surface area contributed by atoms with Crippen LogP contribution < -0.4 is 0 Å². The van der Waals surface area contributed by atoms with Gasteiger partial charge in [-0.3, -0.25) is 9.40 Å². The van der Waals surface area contributed by atoms with Gasteiger partial charge in [0.05, 0.1) is 11.8 Å². The highest BCUT2D eigenvalue weighted by Crippen LogP contribution is 2.50. The van der Waals surface area contributed by atoms with Crippen LogP contribution in [0.5, 0.6) is 0 Å². The SMILES string of the molecule is CC(C)(CON(Cc1ccccc1)Cc1ccccc1)P(=O)(O)O. The van der Waals surface area contributed by atoms with E-state index in [2.05, 4.69) is 0 Å². The quantitative estimate of drug-likeness (QED) is 0.563. The number of nitrogens with zero attached hydrogens (tertiary/aromatic N) is 1. The van der Waals surface area contributed by atoms with Gasteiger partial charge in [0.1, 0.15) is 0 Å². The summed E-state index contributed by atoms with van der Waals surface area (Å²) in [5.74, 6) is 0. The molecule has 0 aliphatic heterocycles. The van der Waals surface area contributed by atoms with Crippen molar-refractivity contribution in [1.82, 2.24) is 5.06 Å². The Bertz CT molecular complexity index is 628. The van der Waals surface area contributed by atoms with E-state index in [-0.39, 0.29) is 6.61 Å². The summed E-state index contributed by atoms with van der Waals surface area (Å²) in [6.45, 7) is 4.03. The van der Waals surface area contributed by atoms with Crippen molar-refractivity contribution < 1.29 is 19.2 Å². The predicted molar refractivity (Wildman–Crippen MR) is 94.2 cm³/mol. The van der Waals surface area contributed by atoms with Crippen molar-refractivity contribution in [3.8, 4) is 0 Å². The normalized spacial score (nSPS) is 12.5. The first-order valence-corrected chi connectivity index (χ1v) is 9.40. The molecule has 0 amide bonds. The largest absolute Gasteiger partial charge is 0.333 e. The zero-order valence-corrected chi connectivity index (χ0v) is 14.9. The molecule has 6 heteroatoms. The lowest BCUT2D eigenvalue weighted by atomic mass is 10.2. The van der Waals surface area contributed by atoms with Crippen LogP contribution in [0.4, 0.5) is 0 Å². The van der Waals surface area contributed by atoms with Gasteiger partial charge in [-0.05, 0) is 25.0 Å². The molecule has 24 heavy (non-hydrogen) atoms. The Kier molecular flexibility index (Phi) is 6.33. The average molecular weight is 349 g/mol. The van der Waals surface area contributed by atoms with Crippen LogP contribution in [0.25, 0.3) is 0 Å². The maximum absolute atomic E-state index is 11.6. The third-order valence-electron chi connectivity index (χ3n) is 3.79. The Hall–Kier alpha value is -1.49. The monoisotopic (exact) mass is 349 g/mol. The molecule has 0 heterocycles. The standard InChI is InChI=1S/C18H24NO4P/c1-18(2,24(20,21)22)15-23-19(13-16-9-5-3-6-10-16)14-17-11-7-4-8-12-17/h3-12H,13-15H2,1-2H3,(H2,20,21,22). The maximum Gasteiger partial charge on any atom is 0.333 e. The first kappa shape index (κ1) is 18.8. The molecule has 0 aliphatic rings. The maximum atomic E-state index is 11.6. The van der Waals surface area contributed by atoms with Gasteiger partial charge in [-0.15, -0.1) is 0 Å². The second-order valence-corrected chi connectivity index (χ2v) is 8.70. The molecule has 0 bridgehead atoms. The Morgan fingerprint density at radius 2 is 1.33 bits per heavy atom. The van der Waals surface area contributed by atoms with E-state index in [1.54, 1.807) is 5.06 Å². The third kappa shape index (κ3) is 5.55. The molecule has 130 valence electrons. The highest BCUT2D eigenvalue weighted by molar-refractivity contribution is 7.53. The van der Waals surface area contributed by atoms with Gasteiger partial charge in [0.15, 0.2) is 0 Å². The van der Waals surface area contributed by atoms with Crippen molar-refractivity contribution in [3.05, 3.63) is 71.8 Å². The molecule has 2 aromatic carbocycles. The van der Waals surface area contributed by atoms with Crippen LogP contribution in [0.2, 0.25) is 0 Å². The van der Waals surface area contributed by atoms with Gasteiger partial charge in [0, 0.05) is 13.1 Å².